The molecule has 1 unspecified atom stereocenters. The number of esters is 1. The number of carbonyl (C=O) groups excluding carboxylic acids is 1. The van der Waals surface area contributed by atoms with Crippen LogP contribution in [0.1, 0.15) is 40.8 Å². The van der Waals surface area contributed by atoms with E-state index in [4.69, 9.17) is 4.74 Å². The van der Waals surface area contributed by atoms with E-state index in [-0.39, 0.29) is 29.4 Å². The van der Waals surface area contributed by atoms with Crippen molar-refractivity contribution in [2.24, 2.45) is 0 Å². The first-order valence-electron chi connectivity index (χ1n) is 8.02. The number of fused-ring (bicyclic) bond motifs is 1. The molecule has 7 nitrogen and oxygen atoms in total. The van der Waals surface area contributed by atoms with Gasteiger partial charge in [-0.05, 0) is 32.3 Å². The van der Waals surface area contributed by atoms with Crippen molar-refractivity contribution < 1.29 is 9.53 Å². The molecule has 3 aromatic heterocycles. The van der Waals surface area contributed by atoms with Crippen LogP contribution >= 0.6 is 11.3 Å². The third-order valence-corrected chi connectivity index (χ3v) is 5.12. The quantitative estimate of drug-likeness (QED) is 0.683. The molecule has 0 saturated carbocycles. The second-order valence-corrected chi connectivity index (χ2v) is 6.74. The van der Waals surface area contributed by atoms with Gasteiger partial charge in [0.15, 0.2) is 5.65 Å². The predicted molar refractivity (Wildman–Crippen MR) is 96.0 cm³/mol. The SMILES string of the molecule is CCOC(=O)c1c[nH]n2c(=O)cc(CN(C)C(C)c3cccs3)nc12. The van der Waals surface area contributed by atoms with Gasteiger partial charge in [0.2, 0.25) is 0 Å². The molecule has 0 aliphatic heterocycles. The molecule has 0 aliphatic carbocycles. The van der Waals surface area contributed by atoms with Gasteiger partial charge in [-0.3, -0.25) is 14.8 Å². The Balaban J connectivity index is 1.90. The third kappa shape index (κ3) is 3.49. The van der Waals surface area contributed by atoms with Crippen LogP contribution in [0.15, 0.2) is 34.6 Å². The first kappa shape index (κ1) is 17.4. The van der Waals surface area contributed by atoms with Crippen LogP contribution < -0.4 is 5.56 Å². The van der Waals surface area contributed by atoms with Crippen LogP contribution in [0.2, 0.25) is 0 Å². The molecule has 132 valence electrons. The van der Waals surface area contributed by atoms with Gasteiger partial charge in [0.1, 0.15) is 5.56 Å². The van der Waals surface area contributed by atoms with Crippen molar-refractivity contribution in [2.75, 3.05) is 13.7 Å². The summed E-state index contributed by atoms with van der Waals surface area (Å²) < 4.78 is 6.27. The number of nitrogens with one attached hydrogen (secondary N) is 1. The van der Waals surface area contributed by atoms with Crippen LogP contribution in [-0.4, -0.2) is 39.1 Å². The summed E-state index contributed by atoms with van der Waals surface area (Å²) in [6, 6.07) is 5.79. The average Bonchev–Trinajstić information content (AvgIpc) is 3.24. The first-order valence-corrected chi connectivity index (χ1v) is 8.90. The maximum absolute atomic E-state index is 12.3. The summed E-state index contributed by atoms with van der Waals surface area (Å²) >= 11 is 1.69. The normalized spacial score (nSPS) is 12.6. The number of thiophene rings is 1. The molecule has 1 atom stereocenters. The zero-order valence-electron chi connectivity index (χ0n) is 14.4. The Morgan fingerprint density at radius 3 is 3.00 bits per heavy atom. The Hall–Kier alpha value is -2.45. The van der Waals surface area contributed by atoms with Gasteiger partial charge < -0.3 is 4.74 Å². The van der Waals surface area contributed by atoms with E-state index >= 15 is 0 Å². The molecule has 0 amide bonds. The van der Waals surface area contributed by atoms with Crippen molar-refractivity contribution >= 4 is 23.0 Å². The zero-order valence-corrected chi connectivity index (χ0v) is 15.2. The van der Waals surface area contributed by atoms with Crippen molar-refractivity contribution in [3.8, 4) is 0 Å². The Morgan fingerprint density at radius 1 is 1.52 bits per heavy atom. The Morgan fingerprint density at radius 2 is 2.32 bits per heavy atom. The van der Waals surface area contributed by atoms with Gasteiger partial charge in [0.05, 0.1) is 12.3 Å². The number of hydrogen-bond acceptors (Lipinski definition) is 6. The second-order valence-electron chi connectivity index (χ2n) is 5.76. The van der Waals surface area contributed by atoms with Gasteiger partial charge in [0, 0.05) is 29.7 Å². The van der Waals surface area contributed by atoms with Gasteiger partial charge in [-0.25, -0.2) is 14.3 Å². The molecule has 0 spiro atoms. The highest BCUT2D eigenvalue weighted by Crippen LogP contribution is 2.24. The predicted octanol–water partition coefficient (Wildman–Crippen LogP) is 2.45. The maximum atomic E-state index is 12.3. The lowest BCUT2D eigenvalue weighted by Crippen LogP contribution is -2.24. The van der Waals surface area contributed by atoms with Crippen LogP contribution in [0.25, 0.3) is 5.65 Å². The maximum Gasteiger partial charge on any atom is 0.343 e. The largest absolute Gasteiger partial charge is 0.462 e. The van der Waals surface area contributed by atoms with E-state index in [1.54, 1.807) is 18.3 Å². The molecule has 3 heterocycles. The van der Waals surface area contributed by atoms with Crippen molar-refractivity contribution in [3.05, 3.63) is 56.3 Å². The minimum atomic E-state index is -0.495. The molecule has 0 aliphatic rings. The highest BCUT2D eigenvalue weighted by molar-refractivity contribution is 7.10. The lowest BCUT2D eigenvalue weighted by atomic mass is 10.2. The van der Waals surface area contributed by atoms with Crippen molar-refractivity contribution in [1.29, 1.82) is 0 Å². The fraction of sp³-hybridized carbons (Fsp3) is 0.353. The number of ether oxygens (including phenoxy) is 1. The lowest BCUT2D eigenvalue weighted by Gasteiger charge is -2.23. The van der Waals surface area contributed by atoms with E-state index in [9.17, 15) is 9.59 Å². The minimum absolute atomic E-state index is 0.205. The summed E-state index contributed by atoms with van der Waals surface area (Å²) in [5, 5.41) is 4.79. The molecule has 0 radical (unpaired) electrons. The Bertz CT molecular complexity index is 929. The molecule has 0 saturated heterocycles. The molecule has 0 bridgehead atoms. The summed E-state index contributed by atoms with van der Waals surface area (Å²) in [6.45, 7) is 4.61. The van der Waals surface area contributed by atoms with E-state index in [1.165, 1.54) is 21.7 Å². The van der Waals surface area contributed by atoms with Crippen molar-refractivity contribution in [1.82, 2.24) is 19.5 Å². The van der Waals surface area contributed by atoms with E-state index in [0.29, 0.717) is 12.2 Å². The standard InChI is InChI=1S/C17H20N4O3S/c1-4-24-17(23)13-9-18-21-15(22)8-12(19-16(13)21)10-20(3)11(2)14-6-5-7-25-14/h5-9,11,18H,4,10H2,1-3H3. The molecular formula is C17H20N4O3S. The van der Waals surface area contributed by atoms with Gasteiger partial charge in [-0.1, -0.05) is 6.07 Å². The van der Waals surface area contributed by atoms with E-state index in [2.05, 4.69) is 28.0 Å². The summed E-state index contributed by atoms with van der Waals surface area (Å²) in [6.07, 6.45) is 1.45. The highest BCUT2D eigenvalue weighted by Gasteiger charge is 2.18. The number of aromatic nitrogens is 3. The Labute approximate surface area is 148 Å². The number of H-pyrrole nitrogens is 1. The molecule has 8 heteroatoms. The zero-order chi connectivity index (χ0) is 18.0. The van der Waals surface area contributed by atoms with Gasteiger partial charge in [-0.2, -0.15) is 0 Å². The number of rotatable bonds is 6. The molecule has 0 aromatic carbocycles. The monoisotopic (exact) mass is 360 g/mol. The summed E-state index contributed by atoms with van der Waals surface area (Å²) in [4.78, 5) is 32.2. The van der Waals surface area contributed by atoms with Gasteiger partial charge >= 0.3 is 5.97 Å². The van der Waals surface area contributed by atoms with Gasteiger partial charge in [-0.15, -0.1) is 11.3 Å². The van der Waals surface area contributed by atoms with Crippen LogP contribution in [0.5, 0.6) is 0 Å². The van der Waals surface area contributed by atoms with Crippen LogP contribution in [0.3, 0.4) is 0 Å². The number of hydrogen-bond donors (Lipinski definition) is 1. The fourth-order valence-electron chi connectivity index (χ4n) is 2.61. The van der Waals surface area contributed by atoms with Crippen LogP contribution in [0, 0.1) is 0 Å². The first-order chi connectivity index (χ1) is 12.0. The van der Waals surface area contributed by atoms with Gasteiger partial charge in [0.25, 0.3) is 5.56 Å². The summed E-state index contributed by atoms with van der Waals surface area (Å²) in [7, 11) is 1.98. The molecule has 25 heavy (non-hydrogen) atoms. The minimum Gasteiger partial charge on any atom is -0.462 e. The summed E-state index contributed by atoms with van der Waals surface area (Å²) in [5.74, 6) is -0.495. The number of carbonyl (C=O) groups is 1. The Kier molecular flexibility index (Phi) is 5.00. The van der Waals surface area contributed by atoms with Crippen LogP contribution in [0.4, 0.5) is 0 Å². The highest BCUT2D eigenvalue weighted by atomic mass is 32.1. The lowest BCUT2D eigenvalue weighted by molar-refractivity contribution is 0.0528. The number of aromatic amines is 1. The van der Waals surface area contributed by atoms with E-state index < -0.39 is 5.97 Å². The van der Waals surface area contributed by atoms with Crippen molar-refractivity contribution in [2.45, 2.75) is 26.4 Å². The molecule has 3 aromatic rings. The fourth-order valence-corrected chi connectivity index (χ4v) is 3.46. The molecule has 0 fully saturated rings. The second kappa shape index (κ2) is 7.20. The van der Waals surface area contributed by atoms with E-state index in [0.717, 1.165) is 0 Å². The molecule has 3 rings (SSSR count). The summed E-state index contributed by atoms with van der Waals surface area (Å²) in [5.41, 5.74) is 0.904. The molecule has 1 N–H and O–H groups in total. The smallest absolute Gasteiger partial charge is 0.343 e. The number of nitrogens with zero attached hydrogens (tertiary/aromatic N) is 3. The van der Waals surface area contributed by atoms with E-state index in [1.807, 2.05) is 18.5 Å². The third-order valence-electron chi connectivity index (χ3n) is 4.07. The molecular weight excluding hydrogens is 340 g/mol. The topological polar surface area (TPSA) is 79.7 Å². The van der Waals surface area contributed by atoms with Crippen LogP contribution in [-0.2, 0) is 11.3 Å². The average molecular weight is 360 g/mol. The van der Waals surface area contributed by atoms with Crippen molar-refractivity contribution in [3.63, 3.8) is 0 Å².